The average molecular weight is 347 g/mol. The Morgan fingerprint density at radius 2 is 1.43 bits per heavy atom. The molecule has 2 aromatic carbocycles. The fraction of sp³-hybridized carbons (Fsp3) is 0.125. The molecule has 0 aromatic heterocycles. The van der Waals surface area contributed by atoms with Gasteiger partial charge in [0.2, 0.25) is 11.8 Å². The van der Waals surface area contributed by atoms with E-state index in [1.54, 1.807) is 12.1 Å². The molecule has 21 heavy (non-hydrogen) atoms. The SMILES string of the molecule is CC(=O)Nc1ccc(CC(=O)Nc2ccc(Br)cc2)cc1. The second-order valence-electron chi connectivity index (χ2n) is 4.61. The van der Waals surface area contributed by atoms with Crippen molar-refractivity contribution in [1.82, 2.24) is 0 Å². The normalized spacial score (nSPS) is 10.0. The van der Waals surface area contributed by atoms with Gasteiger partial charge in [0.15, 0.2) is 0 Å². The maximum absolute atomic E-state index is 11.9. The summed E-state index contributed by atoms with van der Waals surface area (Å²) in [6.45, 7) is 1.46. The minimum atomic E-state index is -0.115. The molecule has 0 unspecified atom stereocenters. The van der Waals surface area contributed by atoms with Gasteiger partial charge in [-0.15, -0.1) is 0 Å². The lowest BCUT2D eigenvalue weighted by molar-refractivity contribution is -0.116. The molecule has 0 bridgehead atoms. The summed E-state index contributed by atoms with van der Waals surface area (Å²) in [4.78, 5) is 22.9. The number of carbonyl (C=O) groups is 2. The fourth-order valence-electron chi connectivity index (χ4n) is 1.83. The molecule has 0 saturated carbocycles. The van der Waals surface area contributed by atoms with Gasteiger partial charge in [0.25, 0.3) is 0 Å². The topological polar surface area (TPSA) is 58.2 Å². The second-order valence-corrected chi connectivity index (χ2v) is 5.53. The lowest BCUT2D eigenvalue weighted by atomic mass is 10.1. The highest BCUT2D eigenvalue weighted by molar-refractivity contribution is 9.10. The van der Waals surface area contributed by atoms with E-state index in [1.807, 2.05) is 36.4 Å². The molecule has 5 heteroatoms. The van der Waals surface area contributed by atoms with E-state index < -0.39 is 0 Å². The fourth-order valence-corrected chi connectivity index (χ4v) is 2.10. The van der Waals surface area contributed by atoms with Crippen LogP contribution in [0, 0.1) is 0 Å². The quantitative estimate of drug-likeness (QED) is 0.888. The van der Waals surface area contributed by atoms with E-state index in [0.29, 0.717) is 0 Å². The van der Waals surface area contributed by atoms with Crippen LogP contribution in [0.2, 0.25) is 0 Å². The zero-order valence-electron chi connectivity index (χ0n) is 11.5. The lowest BCUT2D eigenvalue weighted by Gasteiger charge is -2.07. The van der Waals surface area contributed by atoms with Crippen molar-refractivity contribution in [3.63, 3.8) is 0 Å². The molecule has 0 aliphatic rings. The Morgan fingerprint density at radius 3 is 2.00 bits per heavy atom. The van der Waals surface area contributed by atoms with Crippen LogP contribution in [0.15, 0.2) is 53.0 Å². The molecule has 0 heterocycles. The van der Waals surface area contributed by atoms with Crippen LogP contribution in [0.25, 0.3) is 0 Å². The molecule has 0 saturated heterocycles. The van der Waals surface area contributed by atoms with Crippen LogP contribution in [-0.2, 0) is 16.0 Å². The van der Waals surface area contributed by atoms with E-state index in [9.17, 15) is 9.59 Å². The van der Waals surface area contributed by atoms with Crippen molar-refractivity contribution in [2.24, 2.45) is 0 Å². The third kappa shape index (κ3) is 5.04. The van der Waals surface area contributed by atoms with Crippen LogP contribution in [0.1, 0.15) is 12.5 Å². The van der Waals surface area contributed by atoms with Gasteiger partial charge in [0.05, 0.1) is 6.42 Å². The van der Waals surface area contributed by atoms with Gasteiger partial charge in [-0.3, -0.25) is 9.59 Å². The van der Waals surface area contributed by atoms with Gasteiger partial charge >= 0.3 is 0 Å². The molecule has 0 spiro atoms. The maximum atomic E-state index is 11.9. The summed E-state index contributed by atoms with van der Waals surface area (Å²) in [7, 11) is 0. The van der Waals surface area contributed by atoms with E-state index in [4.69, 9.17) is 0 Å². The van der Waals surface area contributed by atoms with Gasteiger partial charge < -0.3 is 10.6 Å². The van der Waals surface area contributed by atoms with Crippen LogP contribution in [0.4, 0.5) is 11.4 Å². The number of rotatable bonds is 4. The minimum Gasteiger partial charge on any atom is -0.326 e. The van der Waals surface area contributed by atoms with Crippen molar-refractivity contribution in [2.45, 2.75) is 13.3 Å². The molecule has 0 fully saturated rings. The Hall–Kier alpha value is -2.14. The highest BCUT2D eigenvalue weighted by Crippen LogP contribution is 2.15. The predicted molar refractivity (Wildman–Crippen MR) is 87.2 cm³/mol. The zero-order valence-corrected chi connectivity index (χ0v) is 13.1. The second kappa shape index (κ2) is 7.04. The summed E-state index contributed by atoms with van der Waals surface area (Å²) in [6.07, 6.45) is 0.288. The first-order chi connectivity index (χ1) is 10.0. The third-order valence-electron chi connectivity index (χ3n) is 2.77. The molecule has 0 aliphatic heterocycles. The maximum Gasteiger partial charge on any atom is 0.228 e. The largest absolute Gasteiger partial charge is 0.326 e. The zero-order chi connectivity index (χ0) is 15.2. The molecule has 4 nitrogen and oxygen atoms in total. The smallest absolute Gasteiger partial charge is 0.228 e. The van der Waals surface area contributed by atoms with Crippen molar-refractivity contribution >= 4 is 39.1 Å². The Morgan fingerprint density at radius 1 is 0.905 bits per heavy atom. The summed E-state index contributed by atoms with van der Waals surface area (Å²) in [5.41, 5.74) is 2.37. The first kappa shape index (κ1) is 15.3. The van der Waals surface area contributed by atoms with Crippen LogP contribution < -0.4 is 10.6 Å². The van der Waals surface area contributed by atoms with Gasteiger partial charge in [0, 0.05) is 22.8 Å². The van der Waals surface area contributed by atoms with E-state index in [0.717, 1.165) is 21.4 Å². The van der Waals surface area contributed by atoms with E-state index in [-0.39, 0.29) is 18.2 Å². The summed E-state index contributed by atoms with van der Waals surface area (Å²) in [5, 5.41) is 5.52. The van der Waals surface area contributed by atoms with Gasteiger partial charge in [-0.05, 0) is 42.0 Å². The van der Waals surface area contributed by atoms with Gasteiger partial charge in [-0.1, -0.05) is 28.1 Å². The van der Waals surface area contributed by atoms with Crippen LogP contribution in [-0.4, -0.2) is 11.8 Å². The highest BCUT2D eigenvalue weighted by atomic mass is 79.9. The number of benzene rings is 2. The number of anilines is 2. The van der Waals surface area contributed by atoms with Crippen LogP contribution >= 0.6 is 15.9 Å². The monoisotopic (exact) mass is 346 g/mol. The summed E-state index contributed by atoms with van der Waals surface area (Å²) < 4.78 is 0.967. The number of carbonyl (C=O) groups excluding carboxylic acids is 2. The van der Waals surface area contributed by atoms with Gasteiger partial charge in [-0.2, -0.15) is 0 Å². The predicted octanol–water partition coefficient (Wildman–Crippen LogP) is 3.59. The molecule has 2 rings (SSSR count). The molecular formula is C16H15BrN2O2. The minimum absolute atomic E-state index is 0.0791. The first-order valence-electron chi connectivity index (χ1n) is 6.45. The Balaban J connectivity index is 1.93. The molecular weight excluding hydrogens is 332 g/mol. The van der Waals surface area contributed by atoms with Gasteiger partial charge in [-0.25, -0.2) is 0 Å². The highest BCUT2D eigenvalue weighted by Gasteiger charge is 2.04. The molecule has 2 amide bonds. The van der Waals surface area contributed by atoms with Crippen molar-refractivity contribution in [2.75, 3.05) is 10.6 Å². The van der Waals surface area contributed by atoms with E-state index in [1.165, 1.54) is 6.92 Å². The number of amides is 2. The van der Waals surface area contributed by atoms with Crippen molar-refractivity contribution in [1.29, 1.82) is 0 Å². The van der Waals surface area contributed by atoms with E-state index in [2.05, 4.69) is 26.6 Å². The number of nitrogens with one attached hydrogen (secondary N) is 2. The molecule has 2 aromatic rings. The molecule has 0 radical (unpaired) electrons. The van der Waals surface area contributed by atoms with Gasteiger partial charge in [0.1, 0.15) is 0 Å². The Kier molecular flexibility index (Phi) is 5.11. The van der Waals surface area contributed by atoms with Crippen molar-refractivity contribution < 1.29 is 9.59 Å². The van der Waals surface area contributed by atoms with Crippen molar-refractivity contribution in [3.05, 3.63) is 58.6 Å². The third-order valence-corrected chi connectivity index (χ3v) is 3.30. The van der Waals surface area contributed by atoms with Crippen LogP contribution in [0.3, 0.4) is 0 Å². The lowest BCUT2D eigenvalue weighted by Crippen LogP contribution is -2.14. The Bertz CT molecular complexity index is 636. The summed E-state index contributed by atoms with van der Waals surface area (Å²) >= 11 is 3.35. The molecule has 108 valence electrons. The first-order valence-corrected chi connectivity index (χ1v) is 7.24. The molecule has 2 N–H and O–H groups in total. The van der Waals surface area contributed by atoms with Crippen LogP contribution in [0.5, 0.6) is 0 Å². The number of hydrogen-bond donors (Lipinski definition) is 2. The standard InChI is InChI=1S/C16H15BrN2O2/c1-11(20)18-14-6-2-12(3-7-14)10-16(21)19-15-8-4-13(17)5-9-15/h2-9H,10H2,1H3,(H,18,20)(H,19,21). The van der Waals surface area contributed by atoms with Crippen molar-refractivity contribution in [3.8, 4) is 0 Å². The Labute approximate surface area is 131 Å². The number of halogens is 1. The van der Waals surface area contributed by atoms with E-state index >= 15 is 0 Å². The molecule has 0 atom stereocenters. The average Bonchev–Trinajstić information content (AvgIpc) is 2.43. The molecule has 0 aliphatic carbocycles. The summed E-state index contributed by atoms with van der Waals surface area (Å²) in [6, 6.07) is 14.6. The number of hydrogen-bond acceptors (Lipinski definition) is 2. The summed E-state index contributed by atoms with van der Waals surface area (Å²) in [5.74, 6) is -0.194.